The molecule has 0 aliphatic carbocycles. The molecule has 2 heterocycles. The Morgan fingerprint density at radius 1 is 1.15 bits per heavy atom. The van der Waals surface area contributed by atoms with Crippen molar-refractivity contribution in [2.75, 3.05) is 20.2 Å². The summed E-state index contributed by atoms with van der Waals surface area (Å²) in [4.78, 5) is 11.7. The topological polar surface area (TPSA) is 37.7 Å². The molecule has 1 aliphatic heterocycles. The minimum Gasteiger partial charge on any atom is -0.468 e. The summed E-state index contributed by atoms with van der Waals surface area (Å²) in [5, 5.41) is 2.96. The van der Waals surface area contributed by atoms with Gasteiger partial charge >= 0.3 is 0 Å². The van der Waals surface area contributed by atoms with E-state index in [1.165, 1.54) is 18.2 Å². The first-order valence-corrected chi connectivity index (χ1v) is 12.1. The van der Waals surface area contributed by atoms with Crippen molar-refractivity contribution >= 4 is 23.0 Å². The van der Waals surface area contributed by atoms with Crippen molar-refractivity contribution in [1.82, 2.24) is 9.88 Å². The maximum absolute atomic E-state index is 14.2. The maximum Gasteiger partial charge on any atom is 0.292 e. The molecule has 1 fully saturated rings. The number of aliphatic imine (C=N–C) groups is 1. The van der Waals surface area contributed by atoms with Crippen LogP contribution < -0.4 is 0 Å². The molecule has 1 aromatic heterocycles. The number of hydrogen-bond acceptors (Lipinski definition) is 4. The van der Waals surface area contributed by atoms with Gasteiger partial charge in [-0.3, -0.25) is 0 Å². The fraction of sp³-hybridized carbons (Fsp3) is 0.385. The Hall–Kier alpha value is -2.80. The number of likely N-dealkylation sites (tertiary alicyclic amines) is 1. The van der Waals surface area contributed by atoms with Gasteiger partial charge in [-0.15, -0.1) is 11.3 Å². The number of amidine groups is 1. The summed E-state index contributed by atoms with van der Waals surface area (Å²) >= 11 is 1.58. The number of halogens is 2. The van der Waals surface area contributed by atoms with Crippen molar-refractivity contribution in [2.45, 2.75) is 45.4 Å². The zero-order chi connectivity index (χ0) is 23.5. The van der Waals surface area contributed by atoms with E-state index < -0.39 is 17.6 Å². The Labute approximate surface area is 198 Å². The number of nitrogens with zero attached hydrogens (tertiary/aromatic N) is 3. The van der Waals surface area contributed by atoms with Gasteiger partial charge in [0.1, 0.15) is 11.6 Å². The van der Waals surface area contributed by atoms with Crippen LogP contribution in [0.15, 0.2) is 46.8 Å². The number of aromatic nitrogens is 1. The normalized spacial score (nSPS) is 16.2. The van der Waals surface area contributed by atoms with Gasteiger partial charge < -0.3 is 9.64 Å². The van der Waals surface area contributed by atoms with Crippen LogP contribution in [-0.4, -0.2) is 36.1 Å². The van der Waals surface area contributed by atoms with Crippen molar-refractivity contribution in [3.8, 4) is 0 Å². The van der Waals surface area contributed by atoms with Gasteiger partial charge in [0.2, 0.25) is 0 Å². The highest BCUT2D eigenvalue weighted by molar-refractivity contribution is 7.09. The van der Waals surface area contributed by atoms with Gasteiger partial charge in [-0.1, -0.05) is 25.1 Å². The lowest BCUT2D eigenvalue weighted by atomic mass is 9.96. The average Bonchev–Trinajstić information content (AvgIpc) is 3.30. The zero-order valence-electron chi connectivity index (χ0n) is 19.4. The molecule has 0 N–H and O–H groups in total. The molecule has 0 radical (unpaired) electrons. The molecule has 1 atom stereocenters. The number of rotatable bonds is 4. The van der Waals surface area contributed by atoms with Crippen molar-refractivity contribution in [3.63, 3.8) is 0 Å². The standard InChI is InChI=1S/C26H29F2N3OS/c1-16-8-9-17(2)22(14-16)30-26(32-4)31-12-10-19(11-13-31)25-29-23(15-33-25)18(3)24-20(27)6-5-7-21(24)28/h5-9,14-15,18-19H,10-13H2,1-4H3/b30-26-. The Kier molecular flexibility index (Phi) is 7.08. The monoisotopic (exact) mass is 469 g/mol. The number of aryl methyl sites for hydroxylation is 2. The first-order chi connectivity index (χ1) is 15.9. The van der Waals surface area contributed by atoms with Crippen molar-refractivity contribution in [1.29, 1.82) is 0 Å². The van der Waals surface area contributed by atoms with E-state index in [4.69, 9.17) is 14.7 Å². The first kappa shape index (κ1) is 23.4. The molecule has 0 saturated carbocycles. The highest BCUT2D eigenvalue weighted by Gasteiger charge is 2.27. The quantitative estimate of drug-likeness (QED) is 0.315. The lowest BCUT2D eigenvalue weighted by molar-refractivity contribution is 0.239. The highest BCUT2D eigenvalue weighted by atomic mass is 32.1. The van der Waals surface area contributed by atoms with E-state index in [9.17, 15) is 8.78 Å². The fourth-order valence-electron chi connectivity index (χ4n) is 4.27. The van der Waals surface area contributed by atoms with Crippen LogP contribution in [-0.2, 0) is 4.74 Å². The van der Waals surface area contributed by atoms with E-state index in [1.54, 1.807) is 25.4 Å². The minimum atomic E-state index is -0.527. The average molecular weight is 470 g/mol. The maximum atomic E-state index is 14.2. The Bertz CT molecular complexity index is 1130. The smallest absolute Gasteiger partial charge is 0.292 e. The number of hydrogen-bond donors (Lipinski definition) is 0. The second-order valence-corrected chi connectivity index (χ2v) is 9.51. The summed E-state index contributed by atoms with van der Waals surface area (Å²) in [5.41, 5.74) is 4.00. The third-order valence-electron chi connectivity index (χ3n) is 6.29. The molecule has 33 heavy (non-hydrogen) atoms. The second-order valence-electron chi connectivity index (χ2n) is 8.62. The summed E-state index contributed by atoms with van der Waals surface area (Å²) < 4.78 is 34.0. The number of methoxy groups -OCH3 is 1. The molecule has 1 saturated heterocycles. The third-order valence-corrected chi connectivity index (χ3v) is 7.32. The van der Waals surface area contributed by atoms with E-state index in [0.717, 1.165) is 53.4 Å². The summed E-state index contributed by atoms with van der Waals surface area (Å²) in [5.74, 6) is -1.17. The van der Waals surface area contributed by atoms with Crippen LogP contribution in [0.3, 0.4) is 0 Å². The van der Waals surface area contributed by atoms with Crippen LogP contribution in [0.5, 0.6) is 0 Å². The molecule has 174 valence electrons. The summed E-state index contributed by atoms with van der Waals surface area (Å²) in [6.45, 7) is 7.53. The predicted octanol–water partition coefficient (Wildman–Crippen LogP) is 6.70. The molecule has 1 aliphatic rings. The number of piperidine rings is 1. The molecule has 1 unspecified atom stereocenters. The summed E-state index contributed by atoms with van der Waals surface area (Å²) in [6, 6.07) is 10.8. The number of ether oxygens (including phenoxy) is 1. The third kappa shape index (κ3) is 5.08. The number of benzene rings is 2. The Morgan fingerprint density at radius 2 is 1.85 bits per heavy atom. The molecule has 4 nitrogen and oxygen atoms in total. The van der Waals surface area contributed by atoms with Crippen LogP contribution in [0.2, 0.25) is 0 Å². The van der Waals surface area contributed by atoms with E-state index in [0.29, 0.717) is 11.9 Å². The van der Waals surface area contributed by atoms with E-state index in [2.05, 4.69) is 30.0 Å². The molecular formula is C26H29F2N3OS. The molecule has 7 heteroatoms. The van der Waals surface area contributed by atoms with Gasteiger partial charge in [0.25, 0.3) is 6.02 Å². The van der Waals surface area contributed by atoms with Gasteiger partial charge in [-0.2, -0.15) is 4.99 Å². The fourth-order valence-corrected chi connectivity index (χ4v) is 5.35. The largest absolute Gasteiger partial charge is 0.468 e. The van der Waals surface area contributed by atoms with Crippen LogP contribution in [0.1, 0.15) is 59.0 Å². The minimum absolute atomic E-state index is 0.0801. The van der Waals surface area contributed by atoms with Gasteiger partial charge in [0, 0.05) is 35.9 Å². The second kappa shape index (κ2) is 10.00. The molecular weight excluding hydrogens is 440 g/mol. The van der Waals surface area contributed by atoms with Gasteiger partial charge in [0.15, 0.2) is 0 Å². The molecule has 0 bridgehead atoms. The van der Waals surface area contributed by atoms with E-state index >= 15 is 0 Å². The van der Waals surface area contributed by atoms with E-state index in [1.807, 2.05) is 12.3 Å². The van der Waals surface area contributed by atoms with Gasteiger partial charge in [-0.25, -0.2) is 13.8 Å². The number of thiazole rings is 1. The molecule has 3 aromatic rings. The van der Waals surface area contributed by atoms with Crippen molar-refractivity contribution in [2.24, 2.45) is 4.99 Å². The molecule has 4 rings (SSSR count). The lowest BCUT2D eigenvalue weighted by Crippen LogP contribution is -2.38. The lowest BCUT2D eigenvalue weighted by Gasteiger charge is -2.32. The molecule has 0 amide bonds. The van der Waals surface area contributed by atoms with Crippen molar-refractivity contribution in [3.05, 3.63) is 80.8 Å². The molecule has 2 aromatic carbocycles. The Balaban J connectivity index is 1.44. The Morgan fingerprint density at radius 3 is 2.52 bits per heavy atom. The van der Waals surface area contributed by atoms with Gasteiger partial charge in [-0.05, 0) is 56.0 Å². The highest BCUT2D eigenvalue weighted by Crippen LogP contribution is 2.35. The van der Waals surface area contributed by atoms with E-state index in [-0.39, 0.29) is 5.56 Å². The van der Waals surface area contributed by atoms with Crippen LogP contribution in [0.25, 0.3) is 0 Å². The van der Waals surface area contributed by atoms with Crippen LogP contribution in [0.4, 0.5) is 14.5 Å². The first-order valence-electron chi connectivity index (χ1n) is 11.2. The predicted molar refractivity (Wildman–Crippen MR) is 130 cm³/mol. The van der Waals surface area contributed by atoms with Crippen molar-refractivity contribution < 1.29 is 13.5 Å². The zero-order valence-corrected chi connectivity index (χ0v) is 20.3. The van der Waals surface area contributed by atoms with Crippen LogP contribution >= 0.6 is 11.3 Å². The SMILES string of the molecule is CO/C(=N\c1cc(C)ccc1C)N1CCC(c2nc(C(C)c3c(F)cccc3F)cs2)CC1. The van der Waals surface area contributed by atoms with Gasteiger partial charge in [0.05, 0.1) is 23.5 Å². The summed E-state index contributed by atoms with van der Waals surface area (Å²) in [6.07, 6.45) is 1.84. The summed E-state index contributed by atoms with van der Waals surface area (Å²) in [7, 11) is 1.66. The van der Waals surface area contributed by atoms with Crippen LogP contribution in [0, 0.1) is 25.5 Å². The molecule has 0 spiro atoms.